The molecule has 10 heavy (non-hydrogen) atoms. The fourth-order valence-electron chi connectivity index (χ4n) is 1.54. The quantitative estimate of drug-likeness (QED) is 0.501. The van der Waals surface area contributed by atoms with Crippen LogP contribution >= 0.6 is 0 Å². The lowest BCUT2D eigenvalue weighted by Crippen LogP contribution is -2.29. The van der Waals surface area contributed by atoms with Crippen molar-refractivity contribution < 1.29 is 4.74 Å². The molecule has 1 aliphatic rings. The van der Waals surface area contributed by atoms with Crippen molar-refractivity contribution >= 4 is 7.85 Å². The number of rotatable bonds is 1. The Morgan fingerprint density at radius 2 is 2.30 bits per heavy atom. The fraction of sp³-hybridized carbons (Fsp3) is 1.00. The molecule has 2 radical (unpaired) electrons. The van der Waals surface area contributed by atoms with Crippen LogP contribution in [0.15, 0.2) is 0 Å². The Hall–Kier alpha value is 0.0249. The van der Waals surface area contributed by atoms with Gasteiger partial charge in [0.2, 0.25) is 0 Å². The van der Waals surface area contributed by atoms with Crippen molar-refractivity contribution in [1.82, 2.24) is 0 Å². The van der Waals surface area contributed by atoms with Crippen molar-refractivity contribution in [3.05, 3.63) is 0 Å². The van der Waals surface area contributed by atoms with Crippen LogP contribution in [0.2, 0.25) is 0 Å². The normalized spacial score (nSPS) is 47.9. The standard InChI is InChI=1S/C8H15BO/c1-4-8(3)6(2)5-7(9)10-8/h6-7H,4-5H2,1-3H3/t6-,7-,8?/m1/s1. The predicted molar refractivity (Wildman–Crippen MR) is 43.1 cm³/mol. The first kappa shape index (κ1) is 8.12. The van der Waals surface area contributed by atoms with Gasteiger partial charge in [0.25, 0.3) is 0 Å². The zero-order valence-corrected chi connectivity index (χ0v) is 7.05. The van der Waals surface area contributed by atoms with Gasteiger partial charge in [-0.2, -0.15) is 0 Å². The third-order valence-electron chi connectivity index (χ3n) is 2.75. The minimum atomic E-state index is -0.0278. The summed E-state index contributed by atoms with van der Waals surface area (Å²) in [5.41, 5.74) is 0.0411. The Morgan fingerprint density at radius 3 is 2.50 bits per heavy atom. The molecule has 0 bridgehead atoms. The lowest BCUT2D eigenvalue weighted by atomic mass is 9.85. The highest BCUT2D eigenvalue weighted by Crippen LogP contribution is 2.36. The lowest BCUT2D eigenvalue weighted by molar-refractivity contribution is -0.0185. The van der Waals surface area contributed by atoms with Crippen LogP contribution in [0.25, 0.3) is 0 Å². The summed E-state index contributed by atoms with van der Waals surface area (Å²) in [5.74, 6) is 0.604. The van der Waals surface area contributed by atoms with Crippen molar-refractivity contribution in [2.24, 2.45) is 5.92 Å². The van der Waals surface area contributed by atoms with E-state index in [1.54, 1.807) is 0 Å². The van der Waals surface area contributed by atoms with Crippen LogP contribution in [0.5, 0.6) is 0 Å². The van der Waals surface area contributed by atoms with Gasteiger partial charge in [0, 0.05) is 6.00 Å². The number of hydrogen-bond donors (Lipinski definition) is 0. The van der Waals surface area contributed by atoms with Gasteiger partial charge >= 0.3 is 0 Å². The fourth-order valence-corrected chi connectivity index (χ4v) is 1.54. The van der Waals surface area contributed by atoms with E-state index < -0.39 is 0 Å². The maximum atomic E-state index is 5.65. The van der Waals surface area contributed by atoms with Crippen LogP contribution in [-0.4, -0.2) is 19.5 Å². The summed E-state index contributed by atoms with van der Waals surface area (Å²) in [7, 11) is 5.65. The predicted octanol–water partition coefficient (Wildman–Crippen LogP) is 1.71. The van der Waals surface area contributed by atoms with Gasteiger partial charge in [-0.25, -0.2) is 0 Å². The topological polar surface area (TPSA) is 9.23 Å². The summed E-state index contributed by atoms with van der Waals surface area (Å²) in [6.07, 6.45) is 2.06. The highest BCUT2D eigenvalue weighted by atomic mass is 16.5. The van der Waals surface area contributed by atoms with Crippen molar-refractivity contribution in [3.8, 4) is 0 Å². The van der Waals surface area contributed by atoms with Crippen LogP contribution in [0.3, 0.4) is 0 Å². The summed E-state index contributed by atoms with van der Waals surface area (Å²) < 4.78 is 5.59. The molecule has 0 N–H and O–H groups in total. The summed E-state index contributed by atoms with van der Waals surface area (Å²) >= 11 is 0. The maximum absolute atomic E-state index is 5.65. The maximum Gasteiger partial charge on any atom is 0.109 e. The van der Waals surface area contributed by atoms with Gasteiger partial charge in [-0.1, -0.05) is 13.8 Å². The monoisotopic (exact) mass is 138 g/mol. The van der Waals surface area contributed by atoms with E-state index >= 15 is 0 Å². The van der Waals surface area contributed by atoms with Crippen molar-refractivity contribution in [1.29, 1.82) is 0 Å². The van der Waals surface area contributed by atoms with Gasteiger partial charge in [-0.15, -0.1) is 0 Å². The first-order chi connectivity index (χ1) is 4.58. The van der Waals surface area contributed by atoms with Gasteiger partial charge < -0.3 is 4.74 Å². The van der Waals surface area contributed by atoms with Crippen LogP contribution in [0, 0.1) is 5.92 Å². The molecule has 0 aromatic carbocycles. The molecule has 0 saturated carbocycles. The summed E-state index contributed by atoms with van der Waals surface area (Å²) in [4.78, 5) is 0. The van der Waals surface area contributed by atoms with Gasteiger partial charge in [0.05, 0.1) is 5.60 Å². The first-order valence-corrected chi connectivity index (χ1v) is 4.02. The van der Waals surface area contributed by atoms with E-state index in [-0.39, 0.29) is 11.6 Å². The van der Waals surface area contributed by atoms with Crippen molar-refractivity contribution in [3.63, 3.8) is 0 Å². The second kappa shape index (κ2) is 2.57. The molecule has 1 unspecified atom stereocenters. The molecule has 0 spiro atoms. The Morgan fingerprint density at radius 1 is 1.70 bits per heavy atom. The molecular formula is C8H15BO. The summed E-state index contributed by atoms with van der Waals surface area (Å²) in [5, 5.41) is 0. The molecule has 3 atom stereocenters. The lowest BCUT2D eigenvalue weighted by Gasteiger charge is -2.26. The molecule has 2 heteroatoms. The zero-order chi connectivity index (χ0) is 7.78. The first-order valence-electron chi connectivity index (χ1n) is 4.02. The van der Waals surface area contributed by atoms with E-state index in [1.807, 2.05) is 0 Å². The third-order valence-corrected chi connectivity index (χ3v) is 2.75. The van der Waals surface area contributed by atoms with E-state index in [4.69, 9.17) is 12.6 Å². The van der Waals surface area contributed by atoms with Crippen molar-refractivity contribution in [2.75, 3.05) is 0 Å². The minimum absolute atomic E-state index is 0.0278. The Kier molecular flexibility index (Phi) is 2.09. The van der Waals surface area contributed by atoms with Crippen LogP contribution in [0.4, 0.5) is 0 Å². The van der Waals surface area contributed by atoms with Crippen LogP contribution in [-0.2, 0) is 4.74 Å². The SMILES string of the molecule is [B][C@H]1C[C@@H](C)C(C)(CC)O1. The smallest absolute Gasteiger partial charge is 0.109 e. The van der Waals surface area contributed by atoms with E-state index in [1.165, 1.54) is 0 Å². The van der Waals surface area contributed by atoms with E-state index in [0.717, 1.165) is 12.8 Å². The summed E-state index contributed by atoms with van der Waals surface area (Å²) in [6, 6.07) is -0.0278. The Labute approximate surface area is 64.6 Å². The molecule has 1 aliphatic heterocycles. The minimum Gasteiger partial charge on any atom is -0.382 e. The molecule has 1 saturated heterocycles. The molecule has 0 aliphatic carbocycles. The molecule has 1 heterocycles. The molecule has 1 fully saturated rings. The van der Waals surface area contributed by atoms with E-state index in [0.29, 0.717) is 5.92 Å². The van der Waals surface area contributed by atoms with Gasteiger partial charge in [0.15, 0.2) is 0 Å². The molecular weight excluding hydrogens is 123 g/mol. The second-order valence-electron chi connectivity index (χ2n) is 3.46. The highest BCUT2D eigenvalue weighted by Gasteiger charge is 2.38. The van der Waals surface area contributed by atoms with E-state index in [2.05, 4.69) is 20.8 Å². The Balaban J connectivity index is 2.61. The van der Waals surface area contributed by atoms with E-state index in [9.17, 15) is 0 Å². The number of ether oxygens (including phenoxy) is 1. The van der Waals surface area contributed by atoms with Crippen molar-refractivity contribution in [2.45, 2.75) is 45.2 Å². The highest BCUT2D eigenvalue weighted by molar-refractivity contribution is 6.11. The van der Waals surface area contributed by atoms with Crippen LogP contribution < -0.4 is 0 Å². The summed E-state index contributed by atoms with van der Waals surface area (Å²) in [6.45, 7) is 6.50. The molecule has 1 nitrogen and oxygen atoms in total. The van der Waals surface area contributed by atoms with Gasteiger partial charge in [-0.3, -0.25) is 0 Å². The van der Waals surface area contributed by atoms with Gasteiger partial charge in [-0.05, 0) is 25.7 Å². The third kappa shape index (κ3) is 1.22. The zero-order valence-electron chi connectivity index (χ0n) is 7.05. The van der Waals surface area contributed by atoms with Gasteiger partial charge in [0.1, 0.15) is 7.85 Å². The molecule has 0 aromatic heterocycles. The average molecular weight is 138 g/mol. The molecule has 0 aromatic rings. The second-order valence-corrected chi connectivity index (χ2v) is 3.46. The Bertz CT molecular complexity index is 126. The molecule has 0 amide bonds. The molecule has 1 rings (SSSR count). The largest absolute Gasteiger partial charge is 0.382 e. The molecule has 56 valence electrons. The number of hydrogen-bond acceptors (Lipinski definition) is 1. The van der Waals surface area contributed by atoms with Crippen LogP contribution in [0.1, 0.15) is 33.6 Å². The average Bonchev–Trinajstić information content (AvgIpc) is 2.09.